The number of piperazine rings is 1. The van der Waals surface area contributed by atoms with Gasteiger partial charge in [0, 0.05) is 49.1 Å². The number of imidazole rings is 1. The number of anilines is 1. The maximum absolute atomic E-state index is 12.7. The first-order valence-corrected chi connectivity index (χ1v) is 9.11. The molecule has 0 saturated carbocycles. The van der Waals surface area contributed by atoms with Crippen LogP contribution in [0.4, 0.5) is 5.82 Å². The summed E-state index contributed by atoms with van der Waals surface area (Å²) in [6.07, 6.45) is 6.83. The lowest BCUT2D eigenvalue weighted by Crippen LogP contribution is -2.49. The van der Waals surface area contributed by atoms with Gasteiger partial charge in [0.2, 0.25) is 0 Å². The summed E-state index contributed by atoms with van der Waals surface area (Å²) in [5, 5.41) is 0. The van der Waals surface area contributed by atoms with Crippen LogP contribution in [-0.4, -0.2) is 56.5 Å². The predicted octanol–water partition coefficient (Wildman–Crippen LogP) is 2.39. The Bertz CT molecular complexity index is 906. The third kappa shape index (κ3) is 3.32. The van der Waals surface area contributed by atoms with Crippen LogP contribution >= 0.6 is 15.9 Å². The van der Waals surface area contributed by atoms with Gasteiger partial charge in [0.05, 0.1) is 5.56 Å². The van der Waals surface area contributed by atoms with Gasteiger partial charge < -0.3 is 9.80 Å². The van der Waals surface area contributed by atoms with Gasteiger partial charge >= 0.3 is 0 Å². The zero-order chi connectivity index (χ0) is 17.9. The first kappa shape index (κ1) is 16.7. The molecule has 26 heavy (non-hydrogen) atoms. The van der Waals surface area contributed by atoms with Crippen molar-refractivity contribution in [3.63, 3.8) is 0 Å². The topological polar surface area (TPSA) is 67.2 Å². The second-order valence-electron chi connectivity index (χ2n) is 5.96. The SMILES string of the molecule is O=C(c1ccccc1Br)N1CCN(c2cc(-n3ccnc3)ncn2)CC1. The largest absolute Gasteiger partial charge is 0.353 e. The zero-order valence-corrected chi connectivity index (χ0v) is 15.6. The van der Waals surface area contributed by atoms with E-state index in [-0.39, 0.29) is 5.91 Å². The van der Waals surface area contributed by atoms with Crippen molar-refractivity contribution in [1.82, 2.24) is 24.4 Å². The quantitative estimate of drug-likeness (QED) is 0.660. The summed E-state index contributed by atoms with van der Waals surface area (Å²) in [6, 6.07) is 9.47. The molecule has 1 fully saturated rings. The van der Waals surface area contributed by atoms with Crippen molar-refractivity contribution >= 4 is 27.7 Å². The minimum atomic E-state index is 0.0546. The highest BCUT2D eigenvalue weighted by atomic mass is 79.9. The molecule has 132 valence electrons. The predicted molar refractivity (Wildman–Crippen MR) is 101 cm³/mol. The van der Waals surface area contributed by atoms with Gasteiger partial charge in [0.25, 0.3) is 5.91 Å². The molecule has 1 saturated heterocycles. The first-order valence-electron chi connectivity index (χ1n) is 8.31. The molecule has 1 amide bonds. The Morgan fingerprint density at radius 2 is 1.81 bits per heavy atom. The lowest BCUT2D eigenvalue weighted by molar-refractivity contribution is 0.0745. The standard InChI is InChI=1S/C18H17BrN6O/c19-15-4-2-1-3-14(15)18(26)24-9-7-23(8-10-24)16-11-17(22-12-21-16)25-6-5-20-13-25/h1-6,11-13H,7-10H2. The molecule has 1 aliphatic heterocycles. The Labute approximate surface area is 159 Å². The Morgan fingerprint density at radius 3 is 2.54 bits per heavy atom. The monoisotopic (exact) mass is 412 g/mol. The van der Waals surface area contributed by atoms with Crippen molar-refractivity contribution in [2.45, 2.75) is 0 Å². The maximum Gasteiger partial charge on any atom is 0.255 e. The molecular formula is C18H17BrN6O. The molecule has 3 aromatic rings. The smallest absolute Gasteiger partial charge is 0.255 e. The number of aromatic nitrogens is 4. The minimum Gasteiger partial charge on any atom is -0.353 e. The van der Waals surface area contributed by atoms with E-state index < -0.39 is 0 Å². The highest BCUT2D eigenvalue weighted by Gasteiger charge is 2.24. The third-order valence-electron chi connectivity index (χ3n) is 4.40. The van der Waals surface area contributed by atoms with Crippen molar-refractivity contribution in [3.05, 3.63) is 65.4 Å². The van der Waals surface area contributed by atoms with Crippen LogP contribution in [0, 0.1) is 0 Å². The number of carbonyl (C=O) groups is 1. The number of halogens is 1. The van der Waals surface area contributed by atoms with Crippen molar-refractivity contribution in [1.29, 1.82) is 0 Å². The molecule has 0 bridgehead atoms. The summed E-state index contributed by atoms with van der Waals surface area (Å²) in [5.41, 5.74) is 0.699. The van der Waals surface area contributed by atoms with Crippen LogP contribution in [0.25, 0.3) is 5.82 Å². The molecule has 1 aliphatic rings. The van der Waals surface area contributed by atoms with E-state index in [0.717, 1.165) is 29.2 Å². The van der Waals surface area contributed by atoms with Crippen LogP contribution in [0.1, 0.15) is 10.4 Å². The van der Waals surface area contributed by atoms with Crippen LogP contribution in [0.5, 0.6) is 0 Å². The lowest BCUT2D eigenvalue weighted by Gasteiger charge is -2.35. The van der Waals surface area contributed by atoms with E-state index in [1.807, 2.05) is 46.0 Å². The molecule has 1 aromatic carbocycles. The number of rotatable bonds is 3. The van der Waals surface area contributed by atoms with Gasteiger partial charge in [0.15, 0.2) is 0 Å². The molecule has 0 aliphatic carbocycles. The first-order chi connectivity index (χ1) is 12.7. The molecule has 7 nitrogen and oxygen atoms in total. The Morgan fingerprint density at radius 1 is 1.04 bits per heavy atom. The van der Waals surface area contributed by atoms with E-state index in [2.05, 4.69) is 35.8 Å². The van der Waals surface area contributed by atoms with E-state index in [1.54, 1.807) is 18.9 Å². The van der Waals surface area contributed by atoms with Crippen LogP contribution in [0.2, 0.25) is 0 Å². The molecule has 0 spiro atoms. The van der Waals surface area contributed by atoms with E-state index in [1.165, 1.54) is 0 Å². The summed E-state index contributed by atoms with van der Waals surface area (Å²) in [6.45, 7) is 2.78. The van der Waals surface area contributed by atoms with Crippen LogP contribution in [0.15, 0.2) is 59.9 Å². The number of amides is 1. The van der Waals surface area contributed by atoms with Crippen molar-refractivity contribution in [3.8, 4) is 5.82 Å². The minimum absolute atomic E-state index is 0.0546. The number of carbonyl (C=O) groups excluding carboxylic acids is 1. The van der Waals surface area contributed by atoms with E-state index >= 15 is 0 Å². The van der Waals surface area contributed by atoms with Gasteiger partial charge in [-0.15, -0.1) is 0 Å². The summed E-state index contributed by atoms with van der Waals surface area (Å²) in [7, 11) is 0. The number of hydrogen-bond donors (Lipinski definition) is 0. The second-order valence-corrected chi connectivity index (χ2v) is 6.82. The molecular weight excluding hydrogens is 396 g/mol. The fraction of sp³-hybridized carbons (Fsp3) is 0.222. The normalized spacial score (nSPS) is 14.5. The lowest BCUT2D eigenvalue weighted by atomic mass is 10.2. The van der Waals surface area contributed by atoms with E-state index in [9.17, 15) is 4.79 Å². The summed E-state index contributed by atoms with van der Waals surface area (Å²) >= 11 is 3.46. The average Bonchev–Trinajstić information content (AvgIpc) is 3.23. The zero-order valence-electron chi connectivity index (χ0n) is 14.0. The van der Waals surface area contributed by atoms with E-state index in [0.29, 0.717) is 18.7 Å². The fourth-order valence-electron chi connectivity index (χ4n) is 2.99. The molecule has 0 atom stereocenters. The number of nitrogens with zero attached hydrogens (tertiary/aromatic N) is 6. The van der Waals surface area contributed by atoms with Gasteiger partial charge in [-0.1, -0.05) is 12.1 Å². The molecule has 0 N–H and O–H groups in total. The van der Waals surface area contributed by atoms with Crippen LogP contribution in [0.3, 0.4) is 0 Å². The van der Waals surface area contributed by atoms with Crippen LogP contribution in [-0.2, 0) is 0 Å². The molecule has 8 heteroatoms. The molecule has 4 rings (SSSR count). The number of benzene rings is 1. The van der Waals surface area contributed by atoms with Crippen molar-refractivity contribution in [2.75, 3.05) is 31.1 Å². The summed E-state index contributed by atoms with van der Waals surface area (Å²) in [5.74, 6) is 1.69. The summed E-state index contributed by atoms with van der Waals surface area (Å²) < 4.78 is 2.67. The van der Waals surface area contributed by atoms with Gasteiger partial charge in [-0.05, 0) is 28.1 Å². The Hall–Kier alpha value is -2.74. The second kappa shape index (κ2) is 7.25. The van der Waals surface area contributed by atoms with Crippen molar-refractivity contribution < 1.29 is 4.79 Å². The van der Waals surface area contributed by atoms with Gasteiger partial charge in [-0.2, -0.15) is 0 Å². The third-order valence-corrected chi connectivity index (χ3v) is 5.09. The van der Waals surface area contributed by atoms with Gasteiger partial charge in [-0.3, -0.25) is 9.36 Å². The highest BCUT2D eigenvalue weighted by Crippen LogP contribution is 2.20. The summed E-state index contributed by atoms with van der Waals surface area (Å²) in [4.78, 5) is 29.5. The van der Waals surface area contributed by atoms with Gasteiger partial charge in [-0.25, -0.2) is 15.0 Å². The number of hydrogen-bond acceptors (Lipinski definition) is 5. The molecule has 2 aromatic heterocycles. The van der Waals surface area contributed by atoms with E-state index in [4.69, 9.17) is 0 Å². The molecule has 3 heterocycles. The van der Waals surface area contributed by atoms with Crippen molar-refractivity contribution in [2.24, 2.45) is 0 Å². The molecule has 0 radical (unpaired) electrons. The fourth-order valence-corrected chi connectivity index (χ4v) is 3.44. The van der Waals surface area contributed by atoms with Crippen LogP contribution < -0.4 is 4.90 Å². The Kier molecular flexibility index (Phi) is 4.66. The van der Waals surface area contributed by atoms with Gasteiger partial charge in [0.1, 0.15) is 24.3 Å². The molecule has 0 unspecified atom stereocenters. The maximum atomic E-state index is 12.7. The Balaban J connectivity index is 1.45. The highest BCUT2D eigenvalue weighted by molar-refractivity contribution is 9.10. The average molecular weight is 413 g/mol.